The summed E-state index contributed by atoms with van der Waals surface area (Å²) in [6.45, 7) is 8.66. The summed E-state index contributed by atoms with van der Waals surface area (Å²) in [7, 11) is 0. The Kier molecular flexibility index (Phi) is 5.77. The monoisotopic (exact) mass is 201 g/mol. The van der Waals surface area contributed by atoms with Gasteiger partial charge in [-0.2, -0.15) is 0 Å². The average Bonchev–Trinajstić information content (AvgIpc) is 2.17. The first-order valence-electron chi connectivity index (χ1n) is 5.40. The third-order valence-corrected chi connectivity index (χ3v) is 2.98. The van der Waals surface area contributed by atoms with Crippen molar-refractivity contribution in [3.63, 3.8) is 0 Å². The minimum atomic E-state index is -0.522. The summed E-state index contributed by atoms with van der Waals surface area (Å²) in [5.74, 6) is 0.111. The molecule has 0 saturated heterocycles. The molecule has 0 radical (unpaired) electrons. The van der Waals surface area contributed by atoms with Gasteiger partial charge in [-0.3, -0.25) is 4.79 Å². The van der Waals surface area contributed by atoms with E-state index in [9.17, 15) is 4.79 Å². The van der Waals surface area contributed by atoms with Crippen LogP contribution in [0.1, 0.15) is 40.5 Å². The van der Waals surface area contributed by atoms with Gasteiger partial charge in [0.1, 0.15) is 0 Å². The van der Waals surface area contributed by atoms with Crippen LogP contribution in [0.3, 0.4) is 0 Å². The van der Waals surface area contributed by atoms with Crippen molar-refractivity contribution in [3.05, 3.63) is 0 Å². The van der Waals surface area contributed by atoms with Crippen molar-refractivity contribution in [2.45, 2.75) is 40.5 Å². The van der Waals surface area contributed by atoms with Gasteiger partial charge in [0.25, 0.3) is 0 Å². The molecule has 0 aliphatic rings. The maximum Gasteiger partial charge on any atom is 0.313 e. The molecule has 2 unspecified atom stereocenters. The lowest BCUT2D eigenvalue weighted by molar-refractivity contribution is -0.157. The number of ether oxygens (including phenoxy) is 1. The normalized spacial score (nSPS) is 17.2. The lowest BCUT2D eigenvalue weighted by atomic mass is 9.76. The van der Waals surface area contributed by atoms with Gasteiger partial charge in [-0.15, -0.1) is 0 Å². The zero-order valence-electron chi connectivity index (χ0n) is 9.80. The number of rotatable bonds is 6. The van der Waals surface area contributed by atoms with Crippen LogP contribution in [0.15, 0.2) is 0 Å². The molecule has 0 bridgehead atoms. The maximum atomic E-state index is 11.7. The molecule has 0 aromatic carbocycles. The molecule has 0 spiro atoms. The fraction of sp³-hybridized carbons (Fsp3) is 0.909. The van der Waals surface area contributed by atoms with Gasteiger partial charge < -0.3 is 10.5 Å². The summed E-state index contributed by atoms with van der Waals surface area (Å²) in [6.07, 6.45) is 2.07. The van der Waals surface area contributed by atoms with E-state index in [2.05, 4.69) is 13.8 Å². The number of carbonyl (C=O) groups is 1. The van der Waals surface area contributed by atoms with E-state index in [-0.39, 0.29) is 11.9 Å². The lowest BCUT2D eigenvalue weighted by Gasteiger charge is -2.31. The van der Waals surface area contributed by atoms with Crippen molar-refractivity contribution in [1.82, 2.24) is 0 Å². The summed E-state index contributed by atoms with van der Waals surface area (Å²) < 4.78 is 5.05. The molecule has 84 valence electrons. The molecular weight excluding hydrogens is 178 g/mol. The second-order valence-corrected chi connectivity index (χ2v) is 4.03. The highest BCUT2D eigenvalue weighted by atomic mass is 16.5. The van der Waals surface area contributed by atoms with Crippen molar-refractivity contribution in [3.8, 4) is 0 Å². The molecule has 3 heteroatoms. The molecule has 0 amide bonds. The Hall–Kier alpha value is -0.570. The van der Waals surface area contributed by atoms with Crippen LogP contribution in [0, 0.1) is 11.3 Å². The van der Waals surface area contributed by atoms with E-state index in [1.165, 1.54) is 0 Å². The van der Waals surface area contributed by atoms with E-state index in [4.69, 9.17) is 10.5 Å². The topological polar surface area (TPSA) is 52.3 Å². The molecule has 0 saturated carbocycles. The number of esters is 1. The summed E-state index contributed by atoms with van der Waals surface area (Å²) >= 11 is 0. The zero-order chi connectivity index (χ0) is 11.2. The second-order valence-electron chi connectivity index (χ2n) is 4.03. The van der Waals surface area contributed by atoms with Gasteiger partial charge in [0.05, 0.1) is 12.0 Å². The van der Waals surface area contributed by atoms with Crippen LogP contribution < -0.4 is 5.73 Å². The van der Waals surface area contributed by atoms with E-state index in [1.54, 1.807) is 0 Å². The van der Waals surface area contributed by atoms with Gasteiger partial charge in [0, 0.05) is 6.54 Å². The molecule has 2 N–H and O–H groups in total. The predicted octanol–water partition coefficient (Wildman–Crippen LogP) is 1.95. The lowest BCUT2D eigenvalue weighted by Crippen LogP contribution is -2.42. The van der Waals surface area contributed by atoms with Crippen LogP contribution in [-0.4, -0.2) is 19.1 Å². The predicted molar refractivity (Wildman–Crippen MR) is 57.9 cm³/mol. The second kappa shape index (κ2) is 6.02. The number of nitrogens with two attached hydrogens (primary N) is 1. The van der Waals surface area contributed by atoms with Gasteiger partial charge in [-0.1, -0.05) is 20.3 Å². The molecule has 3 nitrogen and oxygen atoms in total. The summed E-state index contributed by atoms with van der Waals surface area (Å²) in [4.78, 5) is 11.7. The third kappa shape index (κ3) is 2.98. The van der Waals surface area contributed by atoms with Crippen LogP contribution in [0.5, 0.6) is 0 Å². The Balaban J connectivity index is 4.51. The van der Waals surface area contributed by atoms with Crippen LogP contribution in [0.25, 0.3) is 0 Å². The van der Waals surface area contributed by atoms with Gasteiger partial charge in [0.15, 0.2) is 0 Å². The quantitative estimate of drug-likeness (QED) is 0.668. The van der Waals surface area contributed by atoms with Gasteiger partial charge in [-0.05, 0) is 26.2 Å². The van der Waals surface area contributed by atoms with Crippen molar-refractivity contribution >= 4 is 5.97 Å². The standard InChI is InChI=1S/C11H23NO2/c1-5-7-9(3)11(4,8-12)10(13)14-6-2/h9H,5-8,12H2,1-4H3. The number of hydrogen-bond acceptors (Lipinski definition) is 3. The Morgan fingerprint density at radius 1 is 1.50 bits per heavy atom. The fourth-order valence-corrected chi connectivity index (χ4v) is 1.53. The van der Waals surface area contributed by atoms with E-state index in [0.29, 0.717) is 13.2 Å². The minimum Gasteiger partial charge on any atom is -0.466 e. The van der Waals surface area contributed by atoms with E-state index in [0.717, 1.165) is 12.8 Å². The summed E-state index contributed by atoms with van der Waals surface area (Å²) in [5, 5.41) is 0. The van der Waals surface area contributed by atoms with Crippen molar-refractivity contribution in [2.75, 3.05) is 13.2 Å². The van der Waals surface area contributed by atoms with Crippen LogP contribution in [0.4, 0.5) is 0 Å². The SMILES string of the molecule is CCCC(C)C(C)(CN)C(=O)OCC. The molecule has 0 heterocycles. The van der Waals surface area contributed by atoms with Crippen LogP contribution >= 0.6 is 0 Å². The van der Waals surface area contributed by atoms with E-state index < -0.39 is 5.41 Å². The molecule has 0 aliphatic heterocycles. The first kappa shape index (κ1) is 13.4. The highest BCUT2D eigenvalue weighted by Crippen LogP contribution is 2.31. The molecule has 0 aromatic rings. The van der Waals surface area contributed by atoms with Gasteiger partial charge in [0.2, 0.25) is 0 Å². The minimum absolute atomic E-state index is 0.163. The van der Waals surface area contributed by atoms with Gasteiger partial charge in [-0.25, -0.2) is 0 Å². The molecule has 0 fully saturated rings. The number of hydrogen-bond donors (Lipinski definition) is 1. The van der Waals surface area contributed by atoms with Crippen molar-refractivity contribution < 1.29 is 9.53 Å². The average molecular weight is 201 g/mol. The number of carbonyl (C=O) groups excluding carboxylic acids is 1. The molecular formula is C11H23NO2. The largest absolute Gasteiger partial charge is 0.466 e. The molecule has 0 rings (SSSR count). The highest BCUT2D eigenvalue weighted by molar-refractivity contribution is 5.77. The highest BCUT2D eigenvalue weighted by Gasteiger charge is 2.38. The molecule has 14 heavy (non-hydrogen) atoms. The zero-order valence-corrected chi connectivity index (χ0v) is 9.80. The van der Waals surface area contributed by atoms with E-state index in [1.807, 2.05) is 13.8 Å². The Morgan fingerprint density at radius 3 is 2.43 bits per heavy atom. The Morgan fingerprint density at radius 2 is 2.07 bits per heavy atom. The Bertz CT molecular complexity index is 182. The smallest absolute Gasteiger partial charge is 0.313 e. The first-order valence-corrected chi connectivity index (χ1v) is 5.40. The third-order valence-electron chi connectivity index (χ3n) is 2.98. The fourth-order valence-electron chi connectivity index (χ4n) is 1.53. The Labute approximate surface area is 87.0 Å². The molecule has 0 aromatic heterocycles. The van der Waals surface area contributed by atoms with Gasteiger partial charge >= 0.3 is 5.97 Å². The molecule has 2 atom stereocenters. The summed E-state index contributed by atoms with van der Waals surface area (Å²) in [5.41, 5.74) is 5.15. The maximum absolute atomic E-state index is 11.7. The molecule has 0 aliphatic carbocycles. The summed E-state index contributed by atoms with van der Waals surface area (Å²) in [6, 6.07) is 0. The van der Waals surface area contributed by atoms with Crippen LogP contribution in [0.2, 0.25) is 0 Å². The van der Waals surface area contributed by atoms with E-state index >= 15 is 0 Å². The van der Waals surface area contributed by atoms with Crippen molar-refractivity contribution in [2.24, 2.45) is 17.1 Å². The van der Waals surface area contributed by atoms with Crippen LogP contribution in [-0.2, 0) is 9.53 Å². The van der Waals surface area contributed by atoms with Crippen molar-refractivity contribution in [1.29, 1.82) is 0 Å². The first-order chi connectivity index (χ1) is 6.52.